The van der Waals surface area contributed by atoms with Gasteiger partial charge in [0.1, 0.15) is 11.7 Å². The molecule has 2 atom stereocenters. The molecule has 5 heteroatoms. The number of carbonyl (C=O) groups is 1. The van der Waals surface area contributed by atoms with E-state index in [0.29, 0.717) is 0 Å². The summed E-state index contributed by atoms with van der Waals surface area (Å²) in [6.45, 7) is 11.0. The average molecular weight is 401 g/mol. The minimum Gasteiger partial charge on any atom is -0.497 e. The van der Waals surface area contributed by atoms with Crippen molar-refractivity contribution in [2.24, 2.45) is 0 Å². The monoisotopic (exact) mass is 400 g/mol. The van der Waals surface area contributed by atoms with Gasteiger partial charge in [0.2, 0.25) is 0 Å². The number of carbonyl (C=O) groups excluding carboxylic acids is 1. The normalized spacial score (nSPS) is 14.2. The fraction of sp³-hybridized carbons (Fsp3) is 0.435. The van der Waals surface area contributed by atoms with Crippen molar-refractivity contribution in [1.29, 1.82) is 0 Å². The van der Waals surface area contributed by atoms with Crippen LogP contribution in [0.2, 0.25) is 18.1 Å². The van der Waals surface area contributed by atoms with E-state index in [4.69, 9.17) is 13.9 Å². The molecule has 2 aromatic rings. The molecule has 0 bridgehead atoms. The van der Waals surface area contributed by atoms with Crippen molar-refractivity contribution in [3.63, 3.8) is 0 Å². The summed E-state index contributed by atoms with van der Waals surface area (Å²) >= 11 is 0. The van der Waals surface area contributed by atoms with Crippen LogP contribution in [0, 0.1) is 0 Å². The summed E-state index contributed by atoms with van der Waals surface area (Å²) in [5.41, 5.74) is 1.82. The molecule has 0 saturated carbocycles. The molecule has 0 N–H and O–H groups in total. The van der Waals surface area contributed by atoms with Gasteiger partial charge in [0, 0.05) is 0 Å². The first-order valence-corrected chi connectivity index (χ1v) is 12.5. The lowest BCUT2D eigenvalue weighted by molar-refractivity contribution is -0.145. The van der Waals surface area contributed by atoms with Gasteiger partial charge < -0.3 is 13.9 Å². The van der Waals surface area contributed by atoms with Crippen molar-refractivity contribution in [2.45, 2.75) is 50.9 Å². The SMILES string of the molecule is COC(=O)[C@H](c1ccccc1)[C@@H](O[Si](C)(C)C(C)(C)C)c1ccc(OC)cc1. The average Bonchev–Trinajstić information content (AvgIpc) is 2.67. The Kier molecular flexibility index (Phi) is 7.07. The third-order valence-electron chi connectivity index (χ3n) is 5.59. The molecule has 152 valence electrons. The molecule has 0 saturated heterocycles. The Bertz CT molecular complexity index is 763. The van der Waals surface area contributed by atoms with Gasteiger partial charge in [0.15, 0.2) is 8.32 Å². The molecule has 0 fully saturated rings. The fourth-order valence-corrected chi connectivity index (χ4v) is 4.10. The molecule has 2 aromatic carbocycles. The number of hydrogen-bond donors (Lipinski definition) is 0. The minimum absolute atomic E-state index is 0.00901. The Hall–Kier alpha value is -2.11. The molecule has 0 radical (unpaired) electrons. The second-order valence-corrected chi connectivity index (χ2v) is 13.2. The highest BCUT2D eigenvalue weighted by molar-refractivity contribution is 6.74. The van der Waals surface area contributed by atoms with Gasteiger partial charge >= 0.3 is 5.97 Å². The lowest BCUT2D eigenvalue weighted by Crippen LogP contribution is -2.43. The highest BCUT2D eigenvalue weighted by Crippen LogP contribution is 2.44. The highest BCUT2D eigenvalue weighted by Gasteiger charge is 2.43. The van der Waals surface area contributed by atoms with Crippen molar-refractivity contribution in [2.75, 3.05) is 14.2 Å². The van der Waals surface area contributed by atoms with Gasteiger partial charge in [-0.25, -0.2) is 0 Å². The fourth-order valence-electron chi connectivity index (χ4n) is 2.84. The second kappa shape index (κ2) is 8.93. The minimum atomic E-state index is -2.17. The lowest BCUT2D eigenvalue weighted by Gasteiger charge is -2.41. The first-order chi connectivity index (χ1) is 13.1. The van der Waals surface area contributed by atoms with Gasteiger partial charge in [-0.2, -0.15) is 0 Å². The maximum atomic E-state index is 12.9. The molecule has 0 aliphatic rings. The summed E-state index contributed by atoms with van der Waals surface area (Å²) in [5.74, 6) is -0.0800. The number of benzene rings is 2. The van der Waals surface area contributed by atoms with E-state index < -0.39 is 20.3 Å². The summed E-state index contributed by atoms with van der Waals surface area (Å²) in [4.78, 5) is 12.9. The zero-order valence-corrected chi connectivity index (χ0v) is 19.0. The lowest BCUT2D eigenvalue weighted by atomic mass is 9.89. The van der Waals surface area contributed by atoms with Crippen LogP contribution < -0.4 is 4.74 Å². The van der Waals surface area contributed by atoms with Crippen LogP contribution in [-0.2, 0) is 14.0 Å². The standard InChI is InChI=1S/C23H32O4Si/c1-23(2,3)28(6,7)27-21(18-13-15-19(25-4)16-14-18)20(22(24)26-5)17-11-9-8-10-12-17/h8-16,20-21H,1-7H3/t20-,21+/m1/s1. The molecule has 0 spiro atoms. The van der Waals surface area contributed by atoms with E-state index in [1.165, 1.54) is 7.11 Å². The number of esters is 1. The van der Waals surface area contributed by atoms with E-state index in [-0.39, 0.29) is 11.0 Å². The van der Waals surface area contributed by atoms with Crippen molar-refractivity contribution >= 4 is 14.3 Å². The number of hydrogen-bond acceptors (Lipinski definition) is 4. The first-order valence-electron chi connectivity index (χ1n) is 9.55. The Morgan fingerprint density at radius 3 is 1.93 bits per heavy atom. The van der Waals surface area contributed by atoms with E-state index in [1.54, 1.807) is 7.11 Å². The highest BCUT2D eigenvalue weighted by atomic mass is 28.4. The number of rotatable bonds is 7. The van der Waals surface area contributed by atoms with Crippen LogP contribution in [-0.4, -0.2) is 28.5 Å². The van der Waals surface area contributed by atoms with Crippen LogP contribution >= 0.6 is 0 Å². The molecule has 2 rings (SSSR count). The first kappa shape index (κ1) is 22.2. The maximum absolute atomic E-state index is 12.9. The summed E-state index contributed by atoms with van der Waals surface area (Å²) in [6, 6.07) is 17.4. The maximum Gasteiger partial charge on any atom is 0.316 e. The zero-order valence-electron chi connectivity index (χ0n) is 18.0. The Labute approximate surface area is 170 Å². The molecule has 0 unspecified atom stereocenters. The van der Waals surface area contributed by atoms with Crippen LogP contribution in [0.1, 0.15) is 43.9 Å². The van der Waals surface area contributed by atoms with Gasteiger partial charge in [0.25, 0.3) is 0 Å². The molecule has 0 aromatic heterocycles. The van der Waals surface area contributed by atoms with Gasteiger partial charge in [-0.3, -0.25) is 4.79 Å². The molecule has 0 aliphatic heterocycles. The predicted octanol–water partition coefficient (Wildman–Crippen LogP) is 5.71. The molecule has 28 heavy (non-hydrogen) atoms. The van der Waals surface area contributed by atoms with Crippen molar-refractivity contribution in [3.05, 3.63) is 65.7 Å². The van der Waals surface area contributed by atoms with Crippen LogP contribution in [0.4, 0.5) is 0 Å². The summed E-state index contributed by atoms with van der Waals surface area (Å²) < 4.78 is 17.3. The van der Waals surface area contributed by atoms with Crippen LogP contribution in [0.5, 0.6) is 5.75 Å². The molecule has 0 aliphatic carbocycles. The largest absolute Gasteiger partial charge is 0.497 e. The van der Waals surface area contributed by atoms with E-state index in [1.807, 2.05) is 54.6 Å². The molecule has 0 heterocycles. The van der Waals surface area contributed by atoms with Crippen LogP contribution in [0.25, 0.3) is 0 Å². The molecular weight excluding hydrogens is 368 g/mol. The third kappa shape index (κ3) is 5.03. The van der Waals surface area contributed by atoms with E-state index in [2.05, 4.69) is 33.9 Å². The van der Waals surface area contributed by atoms with E-state index >= 15 is 0 Å². The second-order valence-electron chi connectivity index (χ2n) is 8.48. The topological polar surface area (TPSA) is 44.8 Å². The zero-order chi connectivity index (χ0) is 20.9. The number of ether oxygens (including phenoxy) is 2. The van der Waals surface area contributed by atoms with E-state index in [9.17, 15) is 4.79 Å². The van der Waals surface area contributed by atoms with Gasteiger partial charge in [-0.15, -0.1) is 0 Å². The smallest absolute Gasteiger partial charge is 0.316 e. The Morgan fingerprint density at radius 2 is 1.46 bits per heavy atom. The summed E-state index contributed by atoms with van der Waals surface area (Å²) in [6.07, 6.45) is -0.443. The third-order valence-corrected chi connectivity index (χ3v) is 10.0. The Morgan fingerprint density at radius 1 is 0.893 bits per heavy atom. The van der Waals surface area contributed by atoms with Crippen molar-refractivity contribution in [1.82, 2.24) is 0 Å². The molecular formula is C23H32O4Si. The molecule has 0 amide bonds. The van der Waals surface area contributed by atoms with Crippen LogP contribution in [0.15, 0.2) is 54.6 Å². The van der Waals surface area contributed by atoms with Gasteiger partial charge in [-0.05, 0) is 41.4 Å². The number of methoxy groups -OCH3 is 2. The molecule has 4 nitrogen and oxygen atoms in total. The Balaban J connectivity index is 2.58. The van der Waals surface area contributed by atoms with Crippen molar-refractivity contribution < 1.29 is 18.7 Å². The van der Waals surface area contributed by atoms with E-state index in [0.717, 1.165) is 16.9 Å². The summed E-state index contributed by atoms with van der Waals surface area (Å²) in [5, 5.41) is 0.00901. The van der Waals surface area contributed by atoms with Crippen LogP contribution in [0.3, 0.4) is 0 Å². The quantitative estimate of drug-likeness (QED) is 0.441. The summed E-state index contributed by atoms with van der Waals surface area (Å²) in [7, 11) is 0.899. The van der Waals surface area contributed by atoms with Crippen molar-refractivity contribution in [3.8, 4) is 5.75 Å². The predicted molar refractivity (Wildman–Crippen MR) is 115 cm³/mol. The van der Waals surface area contributed by atoms with Gasteiger partial charge in [0.05, 0.1) is 20.3 Å². The van der Waals surface area contributed by atoms with Gasteiger partial charge in [-0.1, -0.05) is 63.2 Å².